The average Bonchev–Trinajstić information content (AvgIpc) is 2.31. The lowest BCUT2D eigenvalue weighted by atomic mass is 9.88. The standard InChI is InChI=1S/C13H24ClN/c14-9-13-7-4-8-15(11-13)10-12-5-2-1-3-6-12/h12-13H,1-11H2. The number of nitrogens with zero attached hydrogens (tertiary/aromatic N) is 1. The predicted octanol–water partition coefficient (Wildman–Crippen LogP) is 3.52. The first-order chi connectivity index (χ1) is 7.38. The summed E-state index contributed by atoms with van der Waals surface area (Å²) in [6.45, 7) is 3.94. The van der Waals surface area contributed by atoms with Gasteiger partial charge in [-0.05, 0) is 44.1 Å². The summed E-state index contributed by atoms with van der Waals surface area (Å²) in [7, 11) is 0. The molecule has 1 atom stereocenters. The van der Waals surface area contributed by atoms with Crippen molar-refractivity contribution in [2.45, 2.75) is 44.9 Å². The van der Waals surface area contributed by atoms with Crippen LogP contribution in [0.2, 0.25) is 0 Å². The lowest BCUT2D eigenvalue weighted by Crippen LogP contribution is -2.39. The van der Waals surface area contributed by atoms with Crippen LogP contribution in [0.1, 0.15) is 44.9 Å². The van der Waals surface area contributed by atoms with Crippen molar-refractivity contribution in [2.24, 2.45) is 11.8 Å². The maximum absolute atomic E-state index is 5.96. The number of piperidine rings is 1. The molecule has 2 rings (SSSR count). The van der Waals surface area contributed by atoms with E-state index >= 15 is 0 Å². The van der Waals surface area contributed by atoms with Gasteiger partial charge in [-0.25, -0.2) is 0 Å². The lowest BCUT2D eigenvalue weighted by molar-refractivity contribution is 0.145. The van der Waals surface area contributed by atoms with Crippen molar-refractivity contribution in [1.29, 1.82) is 0 Å². The fourth-order valence-corrected chi connectivity index (χ4v) is 3.43. The van der Waals surface area contributed by atoms with Crippen LogP contribution in [0.5, 0.6) is 0 Å². The van der Waals surface area contributed by atoms with Crippen LogP contribution in [-0.2, 0) is 0 Å². The van der Waals surface area contributed by atoms with Crippen LogP contribution in [-0.4, -0.2) is 30.4 Å². The Labute approximate surface area is 99.2 Å². The molecule has 0 radical (unpaired) electrons. The van der Waals surface area contributed by atoms with Gasteiger partial charge in [0.1, 0.15) is 0 Å². The van der Waals surface area contributed by atoms with Crippen molar-refractivity contribution in [3.63, 3.8) is 0 Å². The van der Waals surface area contributed by atoms with E-state index in [1.807, 2.05) is 0 Å². The van der Waals surface area contributed by atoms with Crippen molar-refractivity contribution in [1.82, 2.24) is 4.90 Å². The van der Waals surface area contributed by atoms with Crippen LogP contribution in [0.25, 0.3) is 0 Å². The number of alkyl halides is 1. The smallest absolute Gasteiger partial charge is 0.0263 e. The van der Waals surface area contributed by atoms with Gasteiger partial charge in [0.05, 0.1) is 0 Å². The van der Waals surface area contributed by atoms with Gasteiger partial charge in [0.15, 0.2) is 0 Å². The first-order valence-corrected chi connectivity index (χ1v) is 7.20. The third-order valence-corrected chi connectivity index (χ3v) is 4.50. The minimum atomic E-state index is 0.768. The summed E-state index contributed by atoms with van der Waals surface area (Å²) in [6, 6.07) is 0. The molecule has 2 fully saturated rings. The zero-order valence-corrected chi connectivity index (χ0v) is 10.5. The quantitative estimate of drug-likeness (QED) is 0.670. The van der Waals surface area contributed by atoms with E-state index in [0.29, 0.717) is 0 Å². The van der Waals surface area contributed by atoms with Gasteiger partial charge in [-0.15, -0.1) is 11.6 Å². The number of hydrogen-bond donors (Lipinski definition) is 0. The van der Waals surface area contributed by atoms with E-state index in [-0.39, 0.29) is 0 Å². The van der Waals surface area contributed by atoms with Crippen LogP contribution >= 0.6 is 11.6 Å². The van der Waals surface area contributed by atoms with Crippen molar-refractivity contribution < 1.29 is 0 Å². The summed E-state index contributed by atoms with van der Waals surface area (Å²) in [5.41, 5.74) is 0. The molecule has 1 aliphatic heterocycles. The van der Waals surface area contributed by atoms with E-state index < -0.39 is 0 Å². The van der Waals surface area contributed by atoms with Crippen molar-refractivity contribution in [3.05, 3.63) is 0 Å². The van der Waals surface area contributed by atoms with Gasteiger partial charge in [0.25, 0.3) is 0 Å². The van der Waals surface area contributed by atoms with Crippen molar-refractivity contribution in [2.75, 3.05) is 25.5 Å². The topological polar surface area (TPSA) is 3.24 Å². The Morgan fingerprint density at radius 2 is 1.67 bits per heavy atom. The third kappa shape index (κ3) is 3.64. The van der Waals surface area contributed by atoms with E-state index in [0.717, 1.165) is 17.7 Å². The molecule has 0 N–H and O–H groups in total. The zero-order valence-electron chi connectivity index (χ0n) is 9.76. The Kier molecular flexibility index (Phi) is 4.77. The van der Waals surface area contributed by atoms with Gasteiger partial charge in [-0.1, -0.05) is 19.3 Å². The lowest BCUT2D eigenvalue weighted by Gasteiger charge is -2.35. The molecule has 0 aromatic heterocycles. The van der Waals surface area contributed by atoms with Crippen molar-refractivity contribution in [3.8, 4) is 0 Å². The summed E-state index contributed by atoms with van der Waals surface area (Å²) < 4.78 is 0. The fourth-order valence-electron chi connectivity index (χ4n) is 3.18. The summed E-state index contributed by atoms with van der Waals surface area (Å²) in [5, 5.41) is 0. The highest BCUT2D eigenvalue weighted by molar-refractivity contribution is 6.18. The minimum Gasteiger partial charge on any atom is -0.303 e. The minimum absolute atomic E-state index is 0.768. The largest absolute Gasteiger partial charge is 0.303 e. The molecule has 0 spiro atoms. The zero-order chi connectivity index (χ0) is 10.5. The van der Waals surface area contributed by atoms with Crippen LogP contribution in [0, 0.1) is 11.8 Å². The molecule has 15 heavy (non-hydrogen) atoms. The second-order valence-electron chi connectivity index (χ2n) is 5.43. The number of likely N-dealkylation sites (tertiary alicyclic amines) is 1. The number of hydrogen-bond acceptors (Lipinski definition) is 1. The van der Waals surface area contributed by atoms with Crippen LogP contribution in [0.4, 0.5) is 0 Å². The molecule has 0 amide bonds. The summed E-state index contributed by atoms with van der Waals surface area (Å²) in [4.78, 5) is 2.67. The Morgan fingerprint density at radius 3 is 2.40 bits per heavy atom. The molecule has 0 bridgehead atoms. The molecule has 2 heteroatoms. The van der Waals surface area contributed by atoms with Crippen LogP contribution in [0.3, 0.4) is 0 Å². The molecule has 0 aromatic carbocycles. The van der Waals surface area contributed by atoms with Gasteiger partial charge in [-0.2, -0.15) is 0 Å². The maximum Gasteiger partial charge on any atom is 0.0263 e. The van der Waals surface area contributed by atoms with Crippen LogP contribution in [0.15, 0.2) is 0 Å². The van der Waals surface area contributed by atoms with Gasteiger partial charge in [0.2, 0.25) is 0 Å². The molecule has 2 aliphatic rings. The molecule has 1 unspecified atom stereocenters. The van der Waals surface area contributed by atoms with Crippen molar-refractivity contribution >= 4 is 11.6 Å². The molecule has 1 saturated heterocycles. The van der Waals surface area contributed by atoms with E-state index in [2.05, 4.69) is 4.90 Å². The molecule has 0 aromatic rings. The molecular formula is C13H24ClN. The Hall–Kier alpha value is 0.250. The van der Waals surface area contributed by atoms with E-state index in [4.69, 9.17) is 11.6 Å². The Morgan fingerprint density at radius 1 is 0.933 bits per heavy atom. The SMILES string of the molecule is ClCC1CCCN(CC2CCCCC2)C1. The Bertz CT molecular complexity index is 177. The summed E-state index contributed by atoms with van der Waals surface area (Å²) >= 11 is 5.96. The molecule has 1 saturated carbocycles. The predicted molar refractivity (Wildman–Crippen MR) is 66.5 cm³/mol. The average molecular weight is 230 g/mol. The molecule has 1 nitrogen and oxygen atoms in total. The third-order valence-electron chi connectivity index (χ3n) is 4.06. The fraction of sp³-hybridized carbons (Fsp3) is 1.00. The molecule has 1 heterocycles. The molecule has 88 valence electrons. The first-order valence-electron chi connectivity index (χ1n) is 6.67. The van der Waals surface area contributed by atoms with Gasteiger partial charge < -0.3 is 4.90 Å². The monoisotopic (exact) mass is 229 g/mol. The second-order valence-corrected chi connectivity index (χ2v) is 5.73. The van der Waals surface area contributed by atoms with E-state index in [1.54, 1.807) is 0 Å². The molecular weight excluding hydrogens is 206 g/mol. The van der Waals surface area contributed by atoms with Gasteiger partial charge >= 0.3 is 0 Å². The summed E-state index contributed by atoms with van der Waals surface area (Å²) in [5.74, 6) is 2.62. The summed E-state index contributed by atoms with van der Waals surface area (Å²) in [6.07, 6.45) is 10.1. The number of halogens is 1. The van der Waals surface area contributed by atoms with Gasteiger partial charge in [-0.3, -0.25) is 0 Å². The van der Waals surface area contributed by atoms with E-state index in [9.17, 15) is 0 Å². The normalized spacial score (nSPS) is 30.6. The Balaban J connectivity index is 1.72. The van der Waals surface area contributed by atoms with Crippen LogP contribution < -0.4 is 0 Å². The van der Waals surface area contributed by atoms with Gasteiger partial charge in [0, 0.05) is 19.0 Å². The molecule has 1 aliphatic carbocycles. The first kappa shape index (κ1) is 11.7. The highest BCUT2D eigenvalue weighted by atomic mass is 35.5. The van der Waals surface area contributed by atoms with E-state index in [1.165, 1.54) is 64.6 Å². The number of rotatable bonds is 3. The maximum atomic E-state index is 5.96. The highest BCUT2D eigenvalue weighted by Crippen LogP contribution is 2.26. The second kappa shape index (κ2) is 6.10. The highest BCUT2D eigenvalue weighted by Gasteiger charge is 2.22.